The minimum atomic E-state index is 0. The SMILES string of the molecule is CCCCCNCCCCC.N. The third kappa shape index (κ3) is 12.6. The first kappa shape index (κ1) is 14.4. The van der Waals surface area contributed by atoms with Gasteiger partial charge in [-0.05, 0) is 25.9 Å². The molecule has 0 heterocycles. The Morgan fingerprint density at radius 1 is 0.750 bits per heavy atom. The second-order valence-electron chi connectivity index (χ2n) is 3.16. The molecule has 0 aliphatic rings. The number of hydrogen-bond donors (Lipinski definition) is 2. The molecular formula is C10H26N2. The van der Waals surface area contributed by atoms with Crippen molar-refractivity contribution in [2.75, 3.05) is 13.1 Å². The zero-order valence-electron chi connectivity index (χ0n) is 8.86. The lowest BCUT2D eigenvalue weighted by atomic mass is 10.2. The Bertz CT molecular complexity index is 56.9. The molecule has 0 aliphatic heterocycles. The third-order valence-electron chi connectivity index (χ3n) is 1.91. The van der Waals surface area contributed by atoms with Crippen LogP contribution >= 0.6 is 0 Å². The summed E-state index contributed by atoms with van der Waals surface area (Å²) in [6.45, 7) is 6.93. The van der Waals surface area contributed by atoms with Crippen LogP contribution in [0.15, 0.2) is 0 Å². The van der Waals surface area contributed by atoms with Crippen molar-refractivity contribution in [2.24, 2.45) is 0 Å². The quantitative estimate of drug-likeness (QED) is 0.555. The Labute approximate surface area is 77.7 Å². The third-order valence-corrected chi connectivity index (χ3v) is 1.91. The summed E-state index contributed by atoms with van der Waals surface area (Å²) in [5, 5.41) is 3.46. The van der Waals surface area contributed by atoms with Crippen molar-refractivity contribution < 1.29 is 0 Å². The Balaban J connectivity index is 0. The summed E-state index contributed by atoms with van der Waals surface area (Å²) in [5.74, 6) is 0. The Morgan fingerprint density at radius 3 is 1.50 bits per heavy atom. The van der Waals surface area contributed by atoms with Crippen molar-refractivity contribution in [3.63, 3.8) is 0 Å². The smallest absolute Gasteiger partial charge is 0.00489 e. The van der Waals surface area contributed by atoms with E-state index in [1.54, 1.807) is 0 Å². The van der Waals surface area contributed by atoms with E-state index in [-0.39, 0.29) is 6.15 Å². The van der Waals surface area contributed by atoms with Crippen molar-refractivity contribution in [3.8, 4) is 0 Å². The molecule has 0 rings (SSSR count). The van der Waals surface area contributed by atoms with Gasteiger partial charge < -0.3 is 11.5 Å². The maximum absolute atomic E-state index is 3.46. The number of rotatable bonds is 8. The minimum absolute atomic E-state index is 0. The van der Waals surface area contributed by atoms with Crippen molar-refractivity contribution in [1.29, 1.82) is 0 Å². The predicted molar refractivity (Wildman–Crippen MR) is 56.9 cm³/mol. The zero-order valence-corrected chi connectivity index (χ0v) is 8.86. The first-order valence-electron chi connectivity index (χ1n) is 5.12. The number of hydrogen-bond acceptors (Lipinski definition) is 2. The van der Waals surface area contributed by atoms with E-state index in [4.69, 9.17) is 0 Å². The lowest BCUT2D eigenvalue weighted by molar-refractivity contribution is 0.583. The van der Waals surface area contributed by atoms with Crippen LogP contribution in [0.3, 0.4) is 0 Å². The molecule has 0 aromatic carbocycles. The van der Waals surface area contributed by atoms with E-state index >= 15 is 0 Å². The highest BCUT2D eigenvalue weighted by Gasteiger charge is 1.86. The van der Waals surface area contributed by atoms with Crippen LogP contribution in [0.4, 0.5) is 0 Å². The van der Waals surface area contributed by atoms with Crippen LogP contribution in [-0.4, -0.2) is 13.1 Å². The standard InChI is InChI=1S/C10H23N.H3N/c1-3-5-7-9-11-10-8-6-4-2;/h11H,3-10H2,1-2H3;1H3. The predicted octanol–water partition coefficient (Wildman–Crippen LogP) is 3.12. The van der Waals surface area contributed by atoms with Gasteiger partial charge in [0, 0.05) is 0 Å². The maximum atomic E-state index is 3.46. The lowest BCUT2D eigenvalue weighted by Crippen LogP contribution is -2.16. The molecule has 0 saturated heterocycles. The first-order chi connectivity index (χ1) is 5.41. The van der Waals surface area contributed by atoms with Crippen LogP contribution in [0, 0.1) is 0 Å². The molecule has 0 aromatic heterocycles. The van der Waals surface area contributed by atoms with Crippen LogP contribution in [0.5, 0.6) is 0 Å². The molecule has 0 fully saturated rings. The van der Waals surface area contributed by atoms with Gasteiger partial charge in [-0.3, -0.25) is 0 Å². The zero-order chi connectivity index (χ0) is 8.36. The summed E-state index contributed by atoms with van der Waals surface area (Å²) in [6, 6.07) is 0. The van der Waals surface area contributed by atoms with Gasteiger partial charge in [-0.25, -0.2) is 0 Å². The molecular weight excluding hydrogens is 148 g/mol. The Morgan fingerprint density at radius 2 is 1.17 bits per heavy atom. The van der Waals surface area contributed by atoms with E-state index in [0.717, 1.165) is 0 Å². The molecule has 2 heteroatoms. The second-order valence-corrected chi connectivity index (χ2v) is 3.16. The van der Waals surface area contributed by atoms with Gasteiger partial charge in [0.2, 0.25) is 0 Å². The van der Waals surface area contributed by atoms with Gasteiger partial charge in [0.25, 0.3) is 0 Å². The summed E-state index contributed by atoms with van der Waals surface area (Å²) in [6.07, 6.45) is 8.11. The van der Waals surface area contributed by atoms with Gasteiger partial charge in [-0.1, -0.05) is 39.5 Å². The van der Waals surface area contributed by atoms with Crippen molar-refractivity contribution in [1.82, 2.24) is 11.5 Å². The molecule has 0 aliphatic carbocycles. The van der Waals surface area contributed by atoms with Crippen molar-refractivity contribution in [3.05, 3.63) is 0 Å². The first-order valence-corrected chi connectivity index (χ1v) is 5.12. The molecule has 76 valence electrons. The van der Waals surface area contributed by atoms with Crippen molar-refractivity contribution in [2.45, 2.75) is 52.4 Å². The summed E-state index contributed by atoms with van der Waals surface area (Å²) in [7, 11) is 0. The van der Waals surface area contributed by atoms with Crippen LogP contribution in [-0.2, 0) is 0 Å². The molecule has 0 saturated carbocycles. The van der Waals surface area contributed by atoms with E-state index in [9.17, 15) is 0 Å². The molecule has 0 radical (unpaired) electrons. The maximum Gasteiger partial charge on any atom is -0.00489 e. The van der Waals surface area contributed by atoms with Gasteiger partial charge in [0.15, 0.2) is 0 Å². The monoisotopic (exact) mass is 174 g/mol. The molecule has 0 spiro atoms. The minimum Gasteiger partial charge on any atom is -0.344 e. The summed E-state index contributed by atoms with van der Waals surface area (Å²) < 4.78 is 0. The van der Waals surface area contributed by atoms with E-state index in [1.807, 2.05) is 0 Å². The highest BCUT2D eigenvalue weighted by atomic mass is 14.8. The topological polar surface area (TPSA) is 47.0 Å². The second kappa shape index (κ2) is 13.5. The van der Waals surface area contributed by atoms with Crippen LogP contribution in [0.25, 0.3) is 0 Å². The molecule has 0 aromatic rings. The number of unbranched alkanes of at least 4 members (excludes halogenated alkanes) is 4. The van der Waals surface area contributed by atoms with Gasteiger partial charge in [-0.15, -0.1) is 0 Å². The molecule has 2 nitrogen and oxygen atoms in total. The van der Waals surface area contributed by atoms with Crippen molar-refractivity contribution >= 4 is 0 Å². The summed E-state index contributed by atoms with van der Waals surface area (Å²) in [5.41, 5.74) is 0. The summed E-state index contributed by atoms with van der Waals surface area (Å²) >= 11 is 0. The molecule has 4 N–H and O–H groups in total. The van der Waals surface area contributed by atoms with Crippen LogP contribution < -0.4 is 11.5 Å². The van der Waals surface area contributed by atoms with Crippen LogP contribution in [0.2, 0.25) is 0 Å². The normalized spacial score (nSPS) is 9.50. The Hall–Kier alpha value is -0.0800. The van der Waals surface area contributed by atoms with Crippen LogP contribution in [0.1, 0.15) is 52.4 Å². The lowest BCUT2D eigenvalue weighted by Gasteiger charge is -2.02. The van der Waals surface area contributed by atoms with Gasteiger partial charge in [0.05, 0.1) is 0 Å². The highest BCUT2D eigenvalue weighted by molar-refractivity contribution is 4.48. The fourth-order valence-electron chi connectivity index (χ4n) is 1.12. The molecule has 0 bridgehead atoms. The largest absolute Gasteiger partial charge is 0.344 e. The number of nitrogens with one attached hydrogen (secondary N) is 1. The van der Waals surface area contributed by atoms with Gasteiger partial charge >= 0.3 is 0 Å². The molecule has 0 atom stereocenters. The Kier molecular flexibility index (Phi) is 16.3. The highest BCUT2D eigenvalue weighted by Crippen LogP contribution is 1.93. The molecule has 0 unspecified atom stereocenters. The van der Waals surface area contributed by atoms with Gasteiger partial charge in [0.1, 0.15) is 0 Å². The fraction of sp³-hybridized carbons (Fsp3) is 1.00. The average Bonchev–Trinajstić information content (AvgIpc) is 2.03. The summed E-state index contributed by atoms with van der Waals surface area (Å²) in [4.78, 5) is 0. The van der Waals surface area contributed by atoms with E-state index in [1.165, 1.54) is 51.6 Å². The van der Waals surface area contributed by atoms with E-state index in [0.29, 0.717) is 0 Å². The van der Waals surface area contributed by atoms with E-state index < -0.39 is 0 Å². The molecule has 0 amide bonds. The molecule has 12 heavy (non-hydrogen) atoms. The van der Waals surface area contributed by atoms with E-state index in [2.05, 4.69) is 19.2 Å². The fourth-order valence-corrected chi connectivity index (χ4v) is 1.12. The van der Waals surface area contributed by atoms with Gasteiger partial charge in [-0.2, -0.15) is 0 Å². The average molecular weight is 174 g/mol.